The third kappa shape index (κ3) is 5.91. The van der Waals surface area contributed by atoms with E-state index in [4.69, 9.17) is 0 Å². The van der Waals surface area contributed by atoms with Gasteiger partial charge in [0, 0.05) is 12.1 Å². The lowest BCUT2D eigenvalue weighted by atomic mass is 10.1. The Balaban J connectivity index is 4.02. The average molecular weight is 226 g/mol. The van der Waals surface area contributed by atoms with Crippen LogP contribution in [0.1, 0.15) is 47.0 Å². The van der Waals surface area contributed by atoms with Gasteiger partial charge in [-0.3, -0.25) is 4.79 Å². The van der Waals surface area contributed by atoms with E-state index in [1.807, 2.05) is 13.0 Å². The SMILES string of the molecule is C=CCC(C)NC(C)C(=O)NC(CC)CC. The molecule has 2 N–H and O–H groups in total. The number of hydrogen-bond donors (Lipinski definition) is 2. The Labute approximate surface area is 99.7 Å². The van der Waals surface area contributed by atoms with Gasteiger partial charge in [0.05, 0.1) is 6.04 Å². The second-order valence-electron chi connectivity index (χ2n) is 4.34. The molecule has 0 fully saturated rings. The zero-order valence-electron chi connectivity index (χ0n) is 11.0. The second kappa shape index (κ2) is 8.34. The van der Waals surface area contributed by atoms with Gasteiger partial charge in [0.15, 0.2) is 0 Å². The zero-order chi connectivity index (χ0) is 12.6. The van der Waals surface area contributed by atoms with Gasteiger partial charge in [-0.15, -0.1) is 6.58 Å². The first-order valence-corrected chi connectivity index (χ1v) is 6.22. The van der Waals surface area contributed by atoms with Crippen LogP contribution in [0.4, 0.5) is 0 Å². The molecule has 0 radical (unpaired) electrons. The summed E-state index contributed by atoms with van der Waals surface area (Å²) in [5, 5.41) is 6.29. The van der Waals surface area contributed by atoms with Crippen molar-refractivity contribution >= 4 is 5.91 Å². The van der Waals surface area contributed by atoms with E-state index in [1.165, 1.54) is 0 Å². The Morgan fingerprint density at radius 1 is 1.31 bits per heavy atom. The fourth-order valence-corrected chi connectivity index (χ4v) is 1.64. The number of hydrogen-bond acceptors (Lipinski definition) is 2. The minimum atomic E-state index is -0.143. The molecule has 0 aromatic carbocycles. The van der Waals surface area contributed by atoms with Gasteiger partial charge in [0.1, 0.15) is 0 Å². The molecule has 3 heteroatoms. The van der Waals surface area contributed by atoms with Crippen molar-refractivity contribution < 1.29 is 4.79 Å². The molecule has 0 saturated heterocycles. The normalized spacial score (nSPS) is 14.6. The second-order valence-corrected chi connectivity index (χ2v) is 4.34. The highest BCUT2D eigenvalue weighted by Gasteiger charge is 2.16. The summed E-state index contributed by atoms with van der Waals surface area (Å²) in [4.78, 5) is 11.8. The third-order valence-corrected chi connectivity index (χ3v) is 2.78. The first-order valence-electron chi connectivity index (χ1n) is 6.22. The summed E-state index contributed by atoms with van der Waals surface area (Å²) in [6.45, 7) is 11.8. The molecule has 0 saturated carbocycles. The lowest BCUT2D eigenvalue weighted by molar-refractivity contribution is -0.123. The van der Waals surface area contributed by atoms with Gasteiger partial charge in [-0.1, -0.05) is 19.9 Å². The van der Waals surface area contributed by atoms with E-state index in [1.54, 1.807) is 0 Å². The van der Waals surface area contributed by atoms with Gasteiger partial charge >= 0.3 is 0 Å². The van der Waals surface area contributed by atoms with Crippen LogP contribution in [0.5, 0.6) is 0 Å². The molecule has 94 valence electrons. The van der Waals surface area contributed by atoms with Crippen LogP contribution in [0, 0.1) is 0 Å². The van der Waals surface area contributed by atoms with E-state index in [2.05, 4.69) is 38.0 Å². The molecular formula is C13H26N2O. The number of carbonyl (C=O) groups excluding carboxylic acids is 1. The van der Waals surface area contributed by atoms with Crippen molar-refractivity contribution in [1.82, 2.24) is 10.6 Å². The molecule has 0 bridgehead atoms. The fraction of sp³-hybridized carbons (Fsp3) is 0.769. The molecule has 16 heavy (non-hydrogen) atoms. The van der Waals surface area contributed by atoms with Crippen molar-refractivity contribution in [3.8, 4) is 0 Å². The maximum Gasteiger partial charge on any atom is 0.237 e. The monoisotopic (exact) mass is 226 g/mol. The molecule has 0 aliphatic heterocycles. The summed E-state index contributed by atoms with van der Waals surface area (Å²) in [6, 6.07) is 0.446. The Morgan fingerprint density at radius 2 is 1.88 bits per heavy atom. The summed E-state index contributed by atoms with van der Waals surface area (Å²) in [5.41, 5.74) is 0. The Kier molecular flexibility index (Phi) is 7.90. The van der Waals surface area contributed by atoms with Crippen LogP contribution in [0.2, 0.25) is 0 Å². The maximum absolute atomic E-state index is 11.8. The molecule has 0 aromatic rings. The smallest absolute Gasteiger partial charge is 0.237 e. The molecule has 0 aromatic heterocycles. The first-order chi connectivity index (χ1) is 7.54. The minimum absolute atomic E-state index is 0.0876. The summed E-state index contributed by atoms with van der Waals surface area (Å²) < 4.78 is 0. The Bertz CT molecular complexity index is 212. The summed E-state index contributed by atoms with van der Waals surface area (Å²) >= 11 is 0. The van der Waals surface area contributed by atoms with Gasteiger partial charge < -0.3 is 10.6 Å². The minimum Gasteiger partial charge on any atom is -0.352 e. The maximum atomic E-state index is 11.8. The summed E-state index contributed by atoms with van der Waals surface area (Å²) in [6.07, 6.45) is 4.71. The number of carbonyl (C=O) groups is 1. The van der Waals surface area contributed by atoms with E-state index in [0.717, 1.165) is 19.3 Å². The average Bonchev–Trinajstić information content (AvgIpc) is 2.25. The van der Waals surface area contributed by atoms with Gasteiger partial charge in [-0.05, 0) is 33.1 Å². The fourth-order valence-electron chi connectivity index (χ4n) is 1.64. The highest BCUT2D eigenvalue weighted by atomic mass is 16.2. The molecule has 3 nitrogen and oxygen atoms in total. The lowest BCUT2D eigenvalue weighted by Crippen LogP contribution is -2.48. The molecule has 0 aliphatic rings. The van der Waals surface area contributed by atoms with Crippen LogP contribution in [-0.2, 0) is 4.79 Å². The molecule has 1 amide bonds. The molecule has 0 aliphatic carbocycles. The van der Waals surface area contributed by atoms with E-state index >= 15 is 0 Å². The molecular weight excluding hydrogens is 200 g/mol. The number of amides is 1. The van der Waals surface area contributed by atoms with Gasteiger partial charge in [-0.25, -0.2) is 0 Å². The standard InChI is InChI=1S/C13H26N2O/c1-6-9-10(4)14-11(5)13(16)15-12(7-2)8-3/h6,10-12,14H,1,7-9H2,2-5H3,(H,15,16). The van der Waals surface area contributed by atoms with Gasteiger partial charge in [0.2, 0.25) is 5.91 Å². The molecule has 0 heterocycles. The predicted octanol–water partition coefficient (Wildman–Crippen LogP) is 2.23. The molecule has 2 unspecified atom stereocenters. The van der Waals surface area contributed by atoms with Crippen LogP contribution in [0.25, 0.3) is 0 Å². The van der Waals surface area contributed by atoms with E-state index in [-0.39, 0.29) is 11.9 Å². The van der Waals surface area contributed by atoms with E-state index in [0.29, 0.717) is 12.1 Å². The van der Waals surface area contributed by atoms with Crippen molar-refractivity contribution in [1.29, 1.82) is 0 Å². The Hall–Kier alpha value is -0.830. The first kappa shape index (κ1) is 15.2. The van der Waals surface area contributed by atoms with Crippen LogP contribution in [0.15, 0.2) is 12.7 Å². The highest BCUT2D eigenvalue weighted by molar-refractivity contribution is 5.81. The van der Waals surface area contributed by atoms with Crippen molar-refractivity contribution in [3.05, 3.63) is 12.7 Å². The number of rotatable bonds is 8. The van der Waals surface area contributed by atoms with Crippen molar-refractivity contribution in [3.63, 3.8) is 0 Å². The largest absolute Gasteiger partial charge is 0.352 e. The zero-order valence-corrected chi connectivity index (χ0v) is 11.0. The molecule has 0 spiro atoms. The van der Waals surface area contributed by atoms with Crippen LogP contribution >= 0.6 is 0 Å². The quantitative estimate of drug-likeness (QED) is 0.623. The molecule has 0 rings (SSSR count). The topological polar surface area (TPSA) is 41.1 Å². The van der Waals surface area contributed by atoms with Gasteiger partial charge in [0.25, 0.3) is 0 Å². The summed E-state index contributed by atoms with van der Waals surface area (Å²) in [5.74, 6) is 0.0876. The van der Waals surface area contributed by atoms with Crippen LogP contribution in [-0.4, -0.2) is 24.0 Å². The molecule has 2 atom stereocenters. The Morgan fingerprint density at radius 3 is 2.31 bits per heavy atom. The van der Waals surface area contributed by atoms with E-state index in [9.17, 15) is 4.79 Å². The van der Waals surface area contributed by atoms with Gasteiger partial charge in [-0.2, -0.15) is 0 Å². The predicted molar refractivity (Wildman–Crippen MR) is 69.4 cm³/mol. The van der Waals surface area contributed by atoms with E-state index < -0.39 is 0 Å². The third-order valence-electron chi connectivity index (χ3n) is 2.78. The van der Waals surface area contributed by atoms with Crippen molar-refractivity contribution in [2.75, 3.05) is 0 Å². The van der Waals surface area contributed by atoms with Crippen molar-refractivity contribution in [2.24, 2.45) is 0 Å². The highest BCUT2D eigenvalue weighted by Crippen LogP contribution is 1.98. The number of nitrogens with one attached hydrogen (secondary N) is 2. The lowest BCUT2D eigenvalue weighted by Gasteiger charge is -2.21. The summed E-state index contributed by atoms with van der Waals surface area (Å²) in [7, 11) is 0. The van der Waals surface area contributed by atoms with Crippen LogP contribution in [0.3, 0.4) is 0 Å². The van der Waals surface area contributed by atoms with Crippen LogP contribution < -0.4 is 10.6 Å². The van der Waals surface area contributed by atoms with Crippen molar-refractivity contribution in [2.45, 2.75) is 65.1 Å².